The molecule has 1 fully saturated rings. The van der Waals surface area contributed by atoms with Gasteiger partial charge in [0.1, 0.15) is 6.79 Å². The first-order valence-corrected chi connectivity index (χ1v) is 10.1. The molecule has 0 radical (unpaired) electrons. The van der Waals surface area contributed by atoms with Gasteiger partial charge < -0.3 is 14.2 Å². The third kappa shape index (κ3) is 10.3. The van der Waals surface area contributed by atoms with E-state index in [1.165, 1.54) is 64.9 Å². The Morgan fingerprint density at radius 2 is 1.33 bits per heavy atom. The fourth-order valence-corrected chi connectivity index (χ4v) is 3.34. The van der Waals surface area contributed by atoms with Crippen LogP contribution >= 0.6 is 0 Å². The van der Waals surface area contributed by atoms with E-state index in [-0.39, 0.29) is 5.97 Å². The van der Waals surface area contributed by atoms with Crippen molar-refractivity contribution in [3.63, 3.8) is 0 Å². The number of hydrogen-bond acceptors (Lipinski definition) is 4. The van der Waals surface area contributed by atoms with Gasteiger partial charge in [0.15, 0.2) is 0 Å². The second-order valence-electron chi connectivity index (χ2n) is 6.97. The first-order chi connectivity index (χ1) is 11.8. The molecule has 4 heteroatoms. The summed E-state index contributed by atoms with van der Waals surface area (Å²) < 4.78 is 16.2. The van der Waals surface area contributed by atoms with E-state index >= 15 is 0 Å². The van der Waals surface area contributed by atoms with Gasteiger partial charge in [0.05, 0.1) is 19.3 Å². The summed E-state index contributed by atoms with van der Waals surface area (Å²) in [6.07, 6.45) is 17.1. The molecule has 1 rings (SSSR count). The van der Waals surface area contributed by atoms with Crippen molar-refractivity contribution >= 4 is 5.97 Å². The zero-order valence-corrected chi connectivity index (χ0v) is 15.9. The van der Waals surface area contributed by atoms with Crippen molar-refractivity contribution in [1.29, 1.82) is 0 Å². The molecule has 0 aliphatic carbocycles. The lowest BCUT2D eigenvalue weighted by Gasteiger charge is -2.16. The minimum atomic E-state index is -0.0935. The maximum absolute atomic E-state index is 11.0. The van der Waals surface area contributed by atoms with Crippen LogP contribution in [0.15, 0.2) is 0 Å². The molecule has 1 saturated heterocycles. The van der Waals surface area contributed by atoms with Crippen molar-refractivity contribution in [3.8, 4) is 0 Å². The number of carbonyl (C=O) groups is 1. The Balaban J connectivity index is 1.96. The van der Waals surface area contributed by atoms with E-state index in [4.69, 9.17) is 9.47 Å². The highest BCUT2D eigenvalue weighted by Crippen LogP contribution is 2.24. The summed E-state index contributed by atoms with van der Waals surface area (Å²) >= 11 is 0. The Kier molecular flexibility index (Phi) is 13.1. The third-order valence-electron chi connectivity index (χ3n) is 4.92. The average Bonchev–Trinajstić information content (AvgIpc) is 3.04. The molecule has 1 aliphatic heterocycles. The quantitative estimate of drug-likeness (QED) is 0.296. The van der Waals surface area contributed by atoms with E-state index in [9.17, 15) is 4.79 Å². The predicted molar refractivity (Wildman–Crippen MR) is 96.9 cm³/mol. The van der Waals surface area contributed by atoms with Crippen molar-refractivity contribution in [2.75, 3.05) is 13.9 Å². The van der Waals surface area contributed by atoms with E-state index in [0.29, 0.717) is 25.4 Å². The molecular weight excluding hydrogens is 304 g/mol. The zero-order chi connectivity index (χ0) is 17.5. The lowest BCUT2D eigenvalue weighted by Crippen LogP contribution is -2.22. The standard InChI is InChI=1S/C20H38O4/c1-3-4-5-6-8-11-14-18-19(24-17-23-18)15-12-9-7-10-13-16-20(21)22-2/h18-19H,3-17H2,1-2H3/t18-,19-/m0/s1. The molecule has 1 heterocycles. The van der Waals surface area contributed by atoms with E-state index in [0.717, 1.165) is 25.7 Å². The Morgan fingerprint density at radius 1 is 0.833 bits per heavy atom. The SMILES string of the molecule is CCCCCCCC[C@@H]1OCO[C@H]1CCCCCCCC(=O)OC. The molecule has 0 aromatic heterocycles. The molecule has 0 unspecified atom stereocenters. The van der Waals surface area contributed by atoms with Crippen LogP contribution in [0, 0.1) is 0 Å². The molecular formula is C20H38O4. The molecule has 0 N–H and O–H groups in total. The number of hydrogen-bond donors (Lipinski definition) is 0. The van der Waals surface area contributed by atoms with Crippen LogP contribution in [-0.4, -0.2) is 32.1 Å². The maximum Gasteiger partial charge on any atom is 0.305 e. The van der Waals surface area contributed by atoms with Gasteiger partial charge in [-0.15, -0.1) is 0 Å². The molecule has 0 aromatic rings. The molecule has 1 aliphatic rings. The van der Waals surface area contributed by atoms with E-state index < -0.39 is 0 Å². The van der Waals surface area contributed by atoms with Crippen LogP contribution in [0.25, 0.3) is 0 Å². The Labute approximate surface area is 148 Å². The second kappa shape index (κ2) is 14.7. The number of esters is 1. The number of unbranched alkanes of at least 4 members (excludes halogenated alkanes) is 9. The lowest BCUT2D eigenvalue weighted by atomic mass is 9.99. The normalized spacial score (nSPS) is 20.4. The fraction of sp³-hybridized carbons (Fsp3) is 0.950. The summed E-state index contributed by atoms with van der Waals surface area (Å²) in [6, 6.07) is 0. The van der Waals surface area contributed by atoms with Crippen LogP contribution in [0.3, 0.4) is 0 Å². The highest BCUT2D eigenvalue weighted by Gasteiger charge is 2.27. The van der Waals surface area contributed by atoms with Crippen LogP contribution < -0.4 is 0 Å². The van der Waals surface area contributed by atoms with Crippen LogP contribution in [0.2, 0.25) is 0 Å². The summed E-state index contributed by atoms with van der Waals surface area (Å²) in [4.78, 5) is 11.0. The van der Waals surface area contributed by atoms with Crippen LogP contribution in [-0.2, 0) is 19.0 Å². The average molecular weight is 343 g/mol. The van der Waals surface area contributed by atoms with Crippen LogP contribution in [0.4, 0.5) is 0 Å². The van der Waals surface area contributed by atoms with Gasteiger partial charge in [0, 0.05) is 6.42 Å². The number of ether oxygens (including phenoxy) is 3. The second-order valence-corrected chi connectivity index (χ2v) is 6.97. The van der Waals surface area contributed by atoms with Gasteiger partial charge in [-0.1, -0.05) is 71.1 Å². The smallest absolute Gasteiger partial charge is 0.305 e. The van der Waals surface area contributed by atoms with Gasteiger partial charge >= 0.3 is 5.97 Å². The maximum atomic E-state index is 11.0. The summed E-state index contributed by atoms with van der Waals surface area (Å²) in [5.74, 6) is -0.0935. The minimum Gasteiger partial charge on any atom is -0.469 e. The lowest BCUT2D eigenvalue weighted by molar-refractivity contribution is -0.140. The highest BCUT2D eigenvalue weighted by molar-refractivity contribution is 5.68. The molecule has 0 bridgehead atoms. The largest absolute Gasteiger partial charge is 0.469 e. The van der Waals surface area contributed by atoms with Crippen molar-refractivity contribution in [2.24, 2.45) is 0 Å². The van der Waals surface area contributed by atoms with Gasteiger partial charge in [-0.3, -0.25) is 4.79 Å². The van der Waals surface area contributed by atoms with E-state index in [1.54, 1.807) is 0 Å². The van der Waals surface area contributed by atoms with Crippen LogP contribution in [0.1, 0.15) is 96.8 Å². The Morgan fingerprint density at radius 3 is 1.88 bits per heavy atom. The third-order valence-corrected chi connectivity index (χ3v) is 4.92. The summed E-state index contributed by atoms with van der Waals surface area (Å²) in [5, 5.41) is 0. The van der Waals surface area contributed by atoms with Crippen molar-refractivity contribution in [3.05, 3.63) is 0 Å². The van der Waals surface area contributed by atoms with Gasteiger partial charge in [0.2, 0.25) is 0 Å². The molecule has 142 valence electrons. The van der Waals surface area contributed by atoms with E-state index in [2.05, 4.69) is 11.7 Å². The topological polar surface area (TPSA) is 44.8 Å². The van der Waals surface area contributed by atoms with Crippen molar-refractivity contribution < 1.29 is 19.0 Å². The number of carbonyl (C=O) groups excluding carboxylic acids is 1. The van der Waals surface area contributed by atoms with Crippen molar-refractivity contribution in [2.45, 2.75) is 109 Å². The molecule has 0 amide bonds. The molecule has 24 heavy (non-hydrogen) atoms. The molecule has 4 nitrogen and oxygen atoms in total. The van der Waals surface area contributed by atoms with Gasteiger partial charge in [-0.25, -0.2) is 0 Å². The van der Waals surface area contributed by atoms with E-state index in [1.807, 2.05) is 0 Å². The Bertz CT molecular complexity index is 306. The van der Waals surface area contributed by atoms with Gasteiger partial charge in [0.25, 0.3) is 0 Å². The molecule has 0 spiro atoms. The fourth-order valence-electron chi connectivity index (χ4n) is 3.34. The van der Waals surface area contributed by atoms with Gasteiger partial charge in [-0.2, -0.15) is 0 Å². The molecule has 0 saturated carbocycles. The first-order valence-electron chi connectivity index (χ1n) is 10.1. The van der Waals surface area contributed by atoms with Crippen molar-refractivity contribution in [1.82, 2.24) is 0 Å². The van der Waals surface area contributed by atoms with Gasteiger partial charge in [-0.05, 0) is 19.3 Å². The summed E-state index contributed by atoms with van der Waals surface area (Å²) in [7, 11) is 1.45. The van der Waals surface area contributed by atoms with Crippen LogP contribution in [0.5, 0.6) is 0 Å². The summed E-state index contributed by atoms with van der Waals surface area (Å²) in [6.45, 7) is 2.73. The predicted octanol–water partition coefficient (Wildman–Crippen LogP) is 5.38. The monoisotopic (exact) mass is 342 g/mol. The Hall–Kier alpha value is -0.610. The molecule has 2 atom stereocenters. The summed E-state index contributed by atoms with van der Waals surface area (Å²) in [5.41, 5.74) is 0. The number of rotatable bonds is 15. The number of methoxy groups -OCH3 is 1. The zero-order valence-electron chi connectivity index (χ0n) is 15.9. The molecule has 0 aromatic carbocycles. The highest BCUT2D eigenvalue weighted by atomic mass is 16.7. The first kappa shape index (κ1) is 21.4. The minimum absolute atomic E-state index is 0.0935.